The van der Waals surface area contributed by atoms with Gasteiger partial charge in [0.15, 0.2) is 0 Å². The third-order valence-electron chi connectivity index (χ3n) is 2.93. The summed E-state index contributed by atoms with van der Waals surface area (Å²) < 4.78 is 5.62. The van der Waals surface area contributed by atoms with Gasteiger partial charge in [-0.25, -0.2) is 0 Å². The van der Waals surface area contributed by atoms with Crippen LogP contribution in [0.15, 0.2) is 0 Å². The van der Waals surface area contributed by atoms with Crippen molar-refractivity contribution in [3.05, 3.63) is 0 Å². The molecule has 1 aliphatic heterocycles. The SMILES string of the molecule is CCC1COC(C)CN1C(C)CC#N. The Morgan fingerprint density at radius 1 is 1.64 bits per heavy atom. The summed E-state index contributed by atoms with van der Waals surface area (Å²) in [6, 6.07) is 3.09. The summed E-state index contributed by atoms with van der Waals surface area (Å²) in [6.07, 6.45) is 2.02. The number of nitrogens with zero attached hydrogens (tertiary/aromatic N) is 2. The van der Waals surface area contributed by atoms with Crippen LogP contribution in [0.1, 0.15) is 33.6 Å². The molecule has 0 saturated carbocycles. The summed E-state index contributed by atoms with van der Waals surface area (Å²) in [7, 11) is 0. The van der Waals surface area contributed by atoms with Crippen molar-refractivity contribution < 1.29 is 4.74 Å². The first kappa shape index (κ1) is 11.5. The molecular weight excluding hydrogens is 176 g/mol. The van der Waals surface area contributed by atoms with Crippen molar-refractivity contribution in [3.8, 4) is 6.07 Å². The summed E-state index contributed by atoms with van der Waals surface area (Å²) >= 11 is 0. The van der Waals surface area contributed by atoms with E-state index in [-0.39, 0.29) is 0 Å². The van der Waals surface area contributed by atoms with Gasteiger partial charge < -0.3 is 4.74 Å². The maximum absolute atomic E-state index is 8.68. The Labute approximate surface area is 86.6 Å². The Bertz CT molecular complexity index is 212. The van der Waals surface area contributed by atoms with Gasteiger partial charge >= 0.3 is 0 Å². The van der Waals surface area contributed by atoms with E-state index in [2.05, 4.69) is 31.7 Å². The maximum atomic E-state index is 8.68. The molecule has 0 N–H and O–H groups in total. The molecule has 3 heteroatoms. The van der Waals surface area contributed by atoms with Crippen LogP contribution < -0.4 is 0 Å². The van der Waals surface area contributed by atoms with Crippen LogP contribution in [0, 0.1) is 11.3 Å². The van der Waals surface area contributed by atoms with Crippen LogP contribution in [-0.2, 0) is 4.74 Å². The fraction of sp³-hybridized carbons (Fsp3) is 0.909. The molecule has 3 unspecified atom stereocenters. The van der Waals surface area contributed by atoms with E-state index in [0.29, 0.717) is 24.6 Å². The van der Waals surface area contributed by atoms with Crippen molar-refractivity contribution in [1.82, 2.24) is 4.90 Å². The molecule has 3 nitrogen and oxygen atoms in total. The van der Waals surface area contributed by atoms with Crippen LogP contribution in [-0.4, -0.2) is 36.2 Å². The summed E-state index contributed by atoms with van der Waals surface area (Å²) in [6.45, 7) is 8.17. The first-order chi connectivity index (χ1) is 6.69. The quantitative estimate of drug-likeness (QED) is 0.690. The molecular formula is C11H20N2O. The second kappa shape index (κ2) is 5.33. The lowest BCUT2D eigenvalue weighted by molar-refractivity contribution is -0.0691. The second-order valence-corrected chi connectivity index (χ2v) is 4.11. The Balaban J connectivity index is 2.56. The Hall–Kier alpha value is -0.590. The molecule has 0 aromatic heterocycles. The summed E-state index contributed by atoms with van der Waals surface area (Å²) in [5.41, 5.74) is 0. The highest BCUT2D eigenvalue weighted by Crippen LogP contribution is 2.18. The Kier molecular flexibility index (Phi) is 4.37. The minimum atomic E-state index is 0.305. The third-order valence-corrected chi connectivity index (χ3v) is 2.93. The van der Waals surface area contributed by atoms with Crippen LogP contribution >= 0.6 is 0 Å². The normalized spacial score (nSPS) is 31.0. The monoisotopic (exact) mass is 196 g/mol. The van der Waals surface area contributed by atoms with Gasteiger partial charge in [-0.05, 0) is 20.3 Å². The van der Waals surface area contributed by atoms with Crippen LogP contribution in [0.5, 0.6) is 0 Å². The van der Waals surface area contributed by atoms with Gasteiger partial charge in [-0.2, -0.15) is 5.26 Å². The molecule has 1 aliphatic rings. The van der Waals surface area contributed by atoms with Crippen molar-refractivity contribution >= 4 is 0 Å². The third kappa shape index (κ3) is 2.70. The van der Waals surface area contributed by atoms with E-state index in [1.165, 1.54) is 0 Å². The maximum Gasteiger partial charge on any atom is 0.0674 e. The summed E-state index contributed by atoms with van der Waals surface area (Å²) in [4.78, 5) is 2.41. The molecule has 1 rings (SSSR count). The Morgan fingerprint density at radius 2 is 2.36 bits per heavy atom. The van der Waals surface area contributed by atoms with Crippen LogP contribution in [0.3, 0.4) is 0 Å². The average Bonchev–Trinajstić information content (AvgIpc) is 2.18. The van der Waals surface area contributed by atoms with E-state index in [1.807, 2.05) is 0 Å². The van der Waals surface area contributed by atoms with E-state index in [0.717, 1.165) is 19.6 Å². The van der Waals surface area contributed by atoms with Crippen molar-refractivity contribution in [2.45, 2.75) is 51.8 Å². The highest BCUT2D eigenvalue weighted by molar-refractivity contribution is 4.86. The van der Waals surface area contributed by atoms with Gasteiger partial charge in [0.2, 0.25) is 0 Å². The van der Waals surface area contributed by atoms with Gasteiger partial charge in [0.05, 0.1) is 25.2 Å². The summed E-state index contributed by atoms with van der Waals surface area (Å²) in [5.74, 6) is 0. The first-order valence-electron chi connectivity index (χ1n) is 5.43. The van der Waals surface area contributed by atoms with Crippen LogP contribution in [0.2, 0.25) is 0 Å². The average molecular weight is 196 g/mol. The lowest BCUT2D eigenvalue weighted by Crippen LogP contribution is -2.52. The number of hydrogen-bond acceptors (Lipinski definition) is 3. The van der Waals surface area contributed by atoms with Gasteiger partial charge in [0.25, 0.3) is 0 Å². The zero-order valence-corrected chi connectivity index (χ0v) is 9.36. The second-order valence-electron chi connectivity index (χ2n) is 4.11. The van der Waals surface area contributed by atoms with Crippen molar-refractivity contribution in [1.29, 1.82) is 5.26 Å². The molecule has 1 fully saturated rings. The number of morpholine rings is 1. The molecule has 3 atom stereocenters. The van der Waals surface area contributed by atoms with Gasteiger partial charge in [-0.1, -0.05) is 6.92 Å². The zero-order chi connectivity index (χ0) is 10.6. The number of hydrogen-bond donors (Lipinski definition) is 0. The van der Waals surface area contributed by atoms with E-state index < -0.39 is 0 Å². The summed E-state index contributed by atoms with van der Waals surface area (Å²) in [5, 5.41) is 8.68. The van der Waals surface area contributed by atoms with Crippen LogP contribution in [0.25, 0.3) is 0 Å². The highest BCUT2D eigenvalue weighted by Gasteiger charge is 2.28. The molecule has 80 valence electrons. The van der Waals surface area contributed by atoms with Gasteiger partial charge in [0, 0.05) is 18.6 Å². The highest BCUT2D eigenvalue weighted by atomic mass is 16.5. The van der Waals surface area contributed by atoms with Crippen molar-refractivity contribution in [3.63, 3.8) is 0 Å². The Morgan fingerprint density at radius 3 is 2.93 bits per heavy atom. The fourth-order valence-corrected chi connectivity index (χ4v) is 2.01. The lowest BCUT2D eigenvalue weighted by Gasteiger charge is -2.41. The van der Waals surface area contributed by atoms with Crippen molar-refractivity contribution in [2.75, 3.05) is 13.2 Å². The van der Waals surface area contributed by atoms with Gasteiger partial charge in [-0.3, -0.25) is 4.90 Å². The smallest absolute Gasteiger partial charge is 0.0674 e. The van der Waals surface area contributed by atoms with Crippen LogP contribution in [0.4, 0.5) is 0 Å². The van der Waals surface area contributed by atoms with E-state index in [4.69, 9.17) is 10.00 Å². The molecule has 0 aliphatic carbocycles. The standard InChI is InChI=1S/C11H20N2O/c1-4-11-8-14-10(3)7-13(11)9(2)5-6-12/h9-11H,4-5,7-8H2,1-3H3. The van der Waals surface area contributed by atoms with Gasteiger partial charge in [-0.15, -0.1) is 0 Å². The number of rotatable bonds is 3. The van der Waals surface area contributed by atoms with Gasteiger partial charge in [0.1, 0.15) is 0 Å². The lowest BCUT2D eigenvalue weighted by atomic mass is 10.1. The molecule has 1 saturated heterocycles. The fourth-order valence-electron chi connectivity index (χ4n) is 2.01. The number of nitriles is 1. The van der Waals surface area contributed by atoms with E-state index in [9.17, 15) is 0 Å². The molecule has 14 heavy (non-hydrogen) atoms. The minimum absolute atomic E-state index is 0.305. The predicted octanol–water partition coefficient (Wildman–Crippen LogP) is 1.79. The molecule has 0 aromatic rings. The molecule has 0 bridgehead atoms. The largest absolute Gasteiger partial charge is 0.376 e. The molecule has 0 radical (unpaired) electrons. The first-order valence-corrected chi connectivity index (χ1v) is 5.43. The zero-order valence-electron chi connectivity index (χ0n) is 9.36. The minimum Gasteiger partial charge on any atom is -0.376 e. The molecule has 0 aromatic carbocycles. The topological polar surface area (TPSA) is 36.3 Å². The molecule has 0 amide bonds. The molecule has 1 heterocycles. The van der Waals surface area contributed by atoms with Crippen molar-refractivity contribution in [2.24, 2.45) is 0 Å². The number of ether oxygens (including phenoxy) is 1. The van der Waals surface area contributed by atoms with E-state index >= 15 is 0 Å². The molecule has 0 spiro atoms. The van der Waals surface area contributed by atoms with E-state index in [1.54, 1.807) is 0 Å². The predicted molar refractivity (Wildman–Crippen MR) is 55.9 cm³/mol.